The van der Waals surface area contributed by atoms with E-state index in [0.717, 1.165) is 0 Å². The Morgan fingerprint density at radius 1 is 1.20 bits per heavy atom. The normalized spacial score (nSPS) is 11.1. The number of allylic oxidation sites excluding steroid dienone is 1. The largest absolute Gasteiger partial charge is 0.457 e. The zero-order valence-corrected chi connectivity index (χ0v) is 14.1. The van der Waals surface area contributed by atoms with Gasteiger partial charge in [0.25, 0.3) is 0 Å². The second-order valence-electron chi connectivity index (χ2n) is 4.94. The van der Waals surface area contributed by atoms with Crippen molar-refractivity contribution in [2.24, 2.45) is 0 Å². The zero-order chi connectivity index (χ0) is 18.0. The molecule has 25 heavy (non-hydrogen) atoms. The quantitative estimate of drug-likeness (QED) is 0.659. The van der Waals surface area contributed by atoms with Gasteiger partial charge in [-0.25, -0.2) is 0 Å². The van der Waals surface area contributed by atoms with Gasteiger partial charge in [0, 0.05) is 6.08 Å². The van der Waals surface area contributed by atoms with Crippen LogP contribution in [-0.4, -0.2) is 10.2 Å². The van der Waals surface area contributed by atoms with Crippen LogP contribution in [0.3, 0.4) is 0 Å². The van der Waals surface area contributed by atoms with Crippen LogP contribution >= 0.6 is 23.2 Å². The van der Waals surface area contributed by atoms with Gasteiger partial charge < -0.3 is 10.2 Å². The number of benzene rings is 1. The van der Waals surface area contributed by atoms with Gasteiger partial charge in [-0.2, -0.15) is 15.6 Å². The summed E-state index contributed by atoms with van der Waals surface area (Å²) in [6.07, 6.45) is 1.47. The lowest BCUT2D eigenvalue weighted by Crippen LogP contribution is -1.89. The highest BCUT2D eigenvalue weighted by atomic mass is 35.5. The molecule has 0 aliphatic rings. The van der Waals surface area contributed by atoms with E-state index in [1.807, 2.05) is 12.1 Å². The standard InChI is InChI=1S/C17H9Cl2N5O/c18-12-2-1-3-13(19)15(12)14-5-4-10(25-14)6-9(7-20)16-11(8-21)17(22)24-23-16/h1-6H,(H3,22,23,24). The van der Waals surface area contributed by atoms with Gasteiger partial charge in [0.15, 0.2) is 5.82 Å². The van der Waals surface area contributed by atoms with E-state index in [-0.39, 0.29) is 22.6 Å². The summed E-state index contributed by atoms with van der Waals surface area (Å²) >= 11 is 12.3. The molecule has 0 atom stereocenters. The van der Waals surface area contributed by atoms with Gasteiger partial charge in [-0.15, -0.1) is 0 Å². The lowest BCUT2D eigenvalue weighted by Gasteiger charge is -2.02. The van der Waals surface area contributed by atoms with Crippen molar-refractivity contribution in [3.63, 3.8) is 0 Å². The Balaban J connectivity index is 2.04. The number of nitriles is 2. The molecule has 0 saturated heterocycles. The second-order valence-corrected chi connectivity index (χ2v) is 5.75. The molecule has 0 fully saturated rings. The summed E-state index contributed by atoms with van der Waals surface area (Å²) in [6, 6.07) is 12.4. The molecule has 0 aliphatic heterocycles. The molecule has 6 nitrogen and oxygen atoms in total. The number of hydrogen-bond donors (Lipinski definition) is 2. The summed E-state index contributed by atoms with van der Waals surface area (Å²) in [5, 5.41) is 25.7. The first-order chi connectivity index (χ1) is 12.0. The van der Waals surface area contributed by atoms with E-state index >= 15 is 0 Å². The number of anilines is 1. The van der Waals surface area contributed by atoms with E-state index in [9.17, 15) is 5.26 Å². The number of halogens is 2. The summed E-state index contributed by atoms with van der Waals surface area (Å²) in [6.45, 7) is 0. The number of nitrogens with two attached hydrogens (primary N) is 1. The van der Waals surface area contributed by atoms with E-state index in [1.165, 1.54) is 6.08 Å². The van der Waals surface area contributed by atoms with E-state index in [0.29, 0.717) is 27.1 Å². The van der Waals surface area contributed by atoms with E-state index in [4.69, 9.17) is 38.6 Å². The van der Waals surface area contributed by atoms with Gasteiger partial charge in [0.2, 0.25) is 0 Å². The predicted octanol–water partition coefficient (Wildman–Crippen LogP) is 4.49. The fourth-order valence-corrected chi connectivity index (χ4v) is 2.85. The first-order valence-corrected chi connectivity index (χ1v) is 7.71. The van der Waals surface area contributed by atoms with E-state index in [1.54, 1.807) is 30.3 Å². The maximum Gasteiger partial charge on any atom is 0.163 e. The van der Waals surface area contributed by atoms with Crippen molar-refractivity contribution in [3.8, 4) is 23.5 Å². The number of nitrogens with zero attached hydrogens (tertiary/aromatic N) is 3. The van der Waals surface area contributed by atoms with Crippen LogP contribution in [0.1, 0.15) is 17.0 Å². The molecule has 8 heteroatoms. The number of furan rings is 1. The van der Waals surface area contributed by atoms with E-state index in [2.05, 4.69) is 10.2 Å². The Hall–Kier alpha value is -3.19. The Morgan fingerprint density at radius 3 is 2.56 bits per heavy atom. The Kier molecular flexibility index (Phi) is 4.49. The molecule has 3 rings (SSSR count). The van der Waals surface area contributed by atoms with Crippen LogP contribution in [-0.2, 0) is 0 Å². The number of nitrogens with one attached hydrogen (secondary N) is 1. The number of nitrogen functional groups attached to an aromatic ring is 1. The summed E-state index contributed by atoms with van der Waals surface area (Å²) in [5.41, 5.74) is 6.66. The maximum absolute atomic E-state index is 9.38. The fourth-order valence-electron chi connectivity index (χ4n) is 2.26. The van der Waals surface area contributed by atoms with Crippen LogP contribution in [0.25, 0.3) is 23.0 Å². The van der Waals surface area contributed by atoms with Crippen LogP contribution in [0, 0.1) is 22.7 Å². The third-order valence-electron chi connectivity index (χ3n) is 3.42. The first kappa shape index (κ1) is 16.7. The van der Waals surface area contributed by atoms with Crippen molar-refractivity contribution in [3.05, 3.63) is 57.4 Å². The molecule has 2 aromatic heterocycles. The molecular formula is C17H9Cl2N5O. The van der Waals surface area contributed by atoms with Crippen molar-refractivity contribution in [1.82, 2.24) is 10.2 Å². The van der Waals surface area contributed by atoms with Crippen molar-refractivity contribution in [2.75, 3.05) is 5.73 Å². The first-order valence-electron chi connectivity index (χ1n) is 6.95. The molecule has 3 aromatic rings. The molecule has 1 aromatic carbocycles. The Labute approximate surface area is 152 Å². The summed E-state index contributed by atoms with van der Waals surface area (Å²) in [5.74, 6) is 0.880. The maximum atomic E-state index is 9.38. The average molecular weight is 370 g/mol. The number of rotatable bonds is 3. The van der Waals surface area contributed by atoms with Gasteiger partial charge >= 0.3 is 0 Å². The van der Waals surface area contributed by atoms with Gasteiger partial charge in [-0.3, -0.25) is 5.10 Å². The van der Waals surface area contributed by atoms with E-state index < -0.39 is 0 Å². The average Bonchev–Trinajstić information content (AvgIpc) is 3.19. The van der Waals surface area contributed by atoms with Gasteiger partial charge in [0.05, 0.1) is 26.9 Å². The minimum absolute atomic E-state index is 0.0293. The monoisotopic (exact) mass is 369 g/mol. The van der Waals surface area contributed by atoms with Crippen LogP contribution in [0.5, 0.6) is 0 Å². The summed E-state index contributed by atoms with van der Waals surface area (Å²) in [7, 11) is 0. The lowest BCUT2D eigenvalue weighted by molar-refractivity contribution is 0.572. The van der Waals surface area contributed by atoms with Crippen molar-refractivity contribution in [2.45, 2.75) is 0 Å². The molecule has 3 N–H and O–H groups in total. The van der Waals surface area contributed by atoms with Gasteiger partial charge in [-0.05, 0) is 24.3 Å². The van der Waals surface area contributed by atoms with Crippen LogP contribution in [0.4, 0.5) is 5.82 Å². The number of H-pyrrole nitrogens is 1. The number of hydrogen-bond acceptors (Lipinski definition) is 5. The SMILES string of the molecule is N#CC(=Cc1ccc(-c2c(Cl)cccc2Cl)o1)c1[nH]nc(N)c1C#N. The number of aromatic amines is 1. The third kappa shape index (κ3) is 3.09. The topological polar surface area (TPSA) is 115 Å². The summed E-state index contributed by atoms with van der Waals surface area (Å²) < 4.78 is 5.72. The highest BCUT2D eigenvalue weighted by molar-refractivity contribution is 6.39. The third-order valence-corrected chi connectivity index (χ3v) is 4.05. The fraction of sp³-hybridized carbons (Fsp3) is 0. The minimum Gasteiger partial charge on any atom is -0.457 e. The molecule has 0 amide bonds. The molecule has 0 spiro atoms. The van der Waals surface area contributed by atoms with Crippen molar-refractivity contribution in [1.29, 1.82) is 10.5 Å². The minimum atomic E-state index is 0.0293. The molecule has 122 valence electrons. The highest BCUT2D eigenvalue weighted by Crippen LogP contribution is 2.36. The van der Waals surface area contributed by atoms with Gasteiger partial charge in [0.1, 0.15) is 29.2 Å². The molecule has 0 aliphatic carbocycles. The van der Waals surface area contributed by atoms with Crippen molar-refractivity contribution < 1.29 is 4.42 Å². The van der Waals surface area contributed by atoms with Crippen LogP contribution in [0.15, 0.2) is 34.7 Å². The molecule has 0 radical (unpaired) electrons. The van der Waals surface area contributed by atoms with Crippen molar-refractivity contribution >= 4 is 40.7 Å². The number of aromatic nitrogens is 2. The smallest absolute Gasteiger partial charge is 0.163 e. The zero-order valence-electron chi connectivity index (χ0n) is 12.5. The Bertz CT molecular complexity index is 1050. The molecule has 0 saturated carbocycles. The molecule has 0 bridgehead atoms. The predicted molar refractivity (Wildman–Crippen MR) is 95.4 cm³/mol. The van der Waals surface area contributed by atoms with Crippen LogP contribution < -0.4 is 5.73 Å². The Morgan fingerprint density at radius 2 is 1.92 bits per heavy atom. The second kappa shape index (κ2) is 6.74. The molecule has 0 unspecified atom stereocenters. The summed E-state index contributed by atoms with van der Waals surface area (Å²) in [4.78, 5) is 0. The van der Waals surface area contributed by atoms with Gasteiger partial charge in [-0.1, -0.05) is 29.3 Å². The highest BCUT2D eigenvalue weighted by Gasteiger charge is 2.16. The molecule has 2 heterocycles. The lowest BCUT2D eigenvalue weighted by atomic mass is 10.1. The molecular weight excluding hydrogens is 361 g/mol. The van der Waals surface area contributed by atoms with Crippen LogP contribution in [0.2, 0.25) is 10.0 Å².